The van der Waals surface area contributed by atoms with Crippen LogP contribution in [-0.2, 0) is 18.6 Å². The SMILES string of the molecule is CCCCCCCCCCCCCCCCOCC(COP(O)OCCCCN(C)C)CC(C)=O. The molecule has 6 nitrogen and oxygen atoms in total. The van der Waals surface area contributed by atoms with Gasteiger partial charge in [0.2, 0.25) is 0 Å². The van der Waals surface area contributed by atoms with Crippen molar-refractivity contribution in [3.05, 3.63) is 0 Å². The second kappa shape index (κ2) is 26.9. The van der Waals surface area contributed by atoms with Gasteiger partial charge in [-0.3, -0.25) is 0 Å². The van der Waals surface area contributed by atoms with Crippen molar-refractivity contribution < 1.29 is 23.5 Å². The van der Waals surface area contributed by atoms with E-state index in [2.05, 4.69) is 11.8 Å². The van der Waals surface area contributed by atoms with Crippen molar-refractivity contribution in [3.63, 3.8) is 0 Å². The molecule has 2 atom stereocenters. The summed E-state index contributed by atoms with van der Waals surface area (Å²) in [5.41, 5.74) is 0. The van der Waals surface area contributed by atoms with Crippen molar-refractivity contribution in [1.29, 1.82) is 0 Å². The van der Waals surface area contributed by atoms with Crippen LogP contribution >= 0.6 is 8.60 Å². The molecule has 35 heavy (non-hydrogen) atoms. The zero-order valence-electron chi connectivity index (χ0n) is 23.6. The highest BCUT2D eigenvalue weighted by atomic mass is 31.2. The third-order valence-electron chi connectivity index (χ3n) is 6.19. The van der Waals surface area contributed by atoms with Crippen LogP contribution in [0.4, 0.5) is 0 Å². The molecular weight excluding hydrogens is 461 g/mol. The van der Waals surface area contributed by atoms with E-state index in [0.29, 0.717) is 19.6 Å². The predicted octanol–water partition coefficient (Wildman–Crippen LogP) is 7.67. The van der Waals surface area contributed by atoms with Crippen LogP contribution in [0.25, 0.3) is 0 Å². The fourth-order valence-electron chi connectivity index (χ4n) is 4.10. The number of carbonyl (C=O) groups excluding carboxylic acids is 1. The first-order chi connectivity index (χ1) is 17.0. The summed E-state index contributed by atoms with van der Waals surface area (Å²) in [5, 5.41) is 0. The normalized spacial score (nSPS) is 13.4. The van der Waals surface area contributed by atoms with Crippen molar-refractivity contribution >= 4 is 14.4 Å². The van der Waals surface area contributed by atoms with Crippen LogP contribution in [0.3, 0.4) is 0 Å². The molecule has 0 heterocycles. The standard InChI is InChI=1S/C28H58NO5P/c1-5-6-7-8-9-10-11-12-13-14-15-16-17-19-22-32-25-28(24-27(2)30)26-34-35(31)33-23-20-18-21-29(3)4/h28,31H,5-26H2,1-4H3. The monoisotopic (exact) mass is 519 g/mol. The maximum absolute atomic E-state index is 11.6. The van der Waals surface area contributed by atoms with Gasteiger partial charge in [-0.15, -0.1) is 0 Å². The number of nitrogens with zero attached hydrogens (tertiary/aromatic N) is 1. The van der Waals surface area contributed by atoms with Crippen LogP contribution < -0.4 is 0 Å². The van der Waals surface area contributed by atoms with Crippen LogP contribution in [0.5, 0.6) is 0 Å². The van der Waals surface area contributed by atoms with Crippen molar-refractivity contribution in [2.45, 2.75) is 123 Å². The summed E-state index contributed by atoms with van der Waals surface area (Å²) < 4.78 is 16.7. The maximum atomic E-state index is 11.6. The Morgan fingerprint density at radius 1 is 0.743 bits per heavy atom. The van der Waals surface area contributed by atoms with Gasteiger partial charge in [-0.2, -0.15) is 0 Å². The third-order valence-corrected chi connectivity index (χ3v) is 6.97. The van der Waals surface area contributed by atoms with Gasteiger partial charge in [0.25, 0.3) is 0 Å². The number of Topliss-reactive ketones (excluding diaryl/α,β-unsaturated/α-hetero) is 1. The molecule has 7 heteroatoms. The summed E-state index contributed by atoms with van der Waals surface area (Å²) in [6.45, 7) is 6.86. The molecular formula is C28H58NO5P. The molecule has 0 saturated carbocycles. The quantitative estimate of drug-likeness (QED) is 0.0845. The maximum Gasteiger partial charge on any atom is 0.329 e. The van der Waals surface area contributed by atoms with Gasteiger partial charge in [0, 0.05) is 18.9 Å². The first-order valence-corrected chi connectivity index (χ1v) is 15.6. The second-order valence-corrected chi connectivity index (χ2v) is 11.3. The number of ketones is 1. The second-order valence-electron chi connectivity index (χ2n) is 10.3. The number of ether oxygens (including phenoxy) is 1. The Labute approximate surface area is 218 Å². The lowest BCUT2D eigenvalue weighted by molar-refractivity contribution is -0.118. The zero-order chi connectivity index (χ0) is 26.0. The molecule has 0 amide bonds. The highest BCUT2D eigenvalue weighted by molar-refractivity contribution is 7.40. The zero-order valence-corrected chi connectivity index (χ0v) is 24.5. The van der Waals surface area contributed by atoms with Gasteiger partial charge in [0.15, 0.2) is 0 Å². The van der Waals surface area contributed by atoms with E-state index in [9.17, 15) is 9.69 Å². The van der Waals surface area contributed by atoms with Gasteiger partial charge >= 0.3 is 8.60 Å². The van der Waals surface area contributed by atoms with E-state index in [4.69, 9.17) is 13.8 Å². The topological polar surface area (TPSA) is 68.2 Å². The average Bonchev–Trinajstić information content (AvgIpc) is 2.81. The molecule has 0 spiro atoms. The van der Waals surface area contributed by atoms with Crippen molar-refractivity contribution in [2.24, 2.45) is 5.92 Å². The molecule has 0 bridgehead atoms. The Balaban J connectivity index is 3.61. The Morgan fingerprint density at radius 2 is 1.26 bits per heavy atom. The first kappa shape index (κ1) is 34.9. The Morgan fingerprint density at radius 3 is 1.77 bits per heavy atom. The molecule has 0 rings (SSSR count). The number of unbranched alkanes of at least 4 members (excludes halogenated alkanes) is 14. The molecule has 0 saturated heterocycles. The lowest BCUT2D eigenvalue weighted by atomic mass is 10.0. The Hall–Kier alpha value is -0.100. The highest BCUT2D eigenvalue weighted by Gasteiger charge is 2.16. The fourth-order valence-corrected chi connectivity index (χ4v) is 4.80. The van der Waals surface area contributed by atoms with Crippen LogP contribution in [0.1, 0.15) is 123 Å². The summed E-state index contributed by atoms with van der Waals surface area (Å²) in [6.07, 6.45) is 21.2. The molecule has 0 aromatic rings. The molecule has 1 N–H and O–H groups in total. The van der Waals surface area contributed by atoms with E-state index in [1.54, 1.807) is 6.92 Å². The minimum atomic E-state index is -1.89. The van der Waals surface area contributed by atoms with E-state index in [-0.39, 0.29) is 18.3 Å². The third kappa shape index (κ3) is 28.3. The van der Waals surface area contributed by atoms with Gasteiger partial charge in [0.05, 0.1) is 19.8 Å². The molecule has 0 aliphatic carbocycles. The number of carbonyl (C=O) groups is 1. The number of hydrogen-bond donors (Lipinski definition) is 1. The number of hydrogen-bond acceptors (Lipinski definition) is 6. The summed E-state index contributed by atoms with van der Waals surface area (Å²) in [7, 11) is 2.19. The van der Waals surface area contributed by atoms with Crippen molar-refractivity contribution in [2.75, 3.05) is 47.1 Å². The lowest BCUT2D eigenvalue weighted by Gasteiger charge is -2.18. The minimum Gasteiger partial charge on any atom is -0.381 e. The molecule has 0 aromatic heterocycles. The number of rotatable bonds is 28. The van der Waals surface area contributed by atoms with E-state index in [0.717, 1.165) is 32.4 Å². The summed E-state index contributed by atoms with van der Waals surface area (Å²) in [5.74, 6) is 0.0826. The molecule has 210 valence electrons. The molecule has 0 radical (unpaired) electrons. The summed E-state index contributed by atoms with van der Waals surface area (Å²) >= 11 is 0. The minimum absolute atomic E-state index is 0.0337. The molecule has 0 aliphatic heterocycles. The smallest absolute Gasteiger partial charge is 0.329 e. The van der Waals surface area contributed by atoms with Gasteiger partial charge in [-0.05, 0) is 46.8 Å². The van der Waals surface area contributed by atoms with Crippen molar-refractivity contribution in [1.82, 2.24) is 4.90 Å². The van der Waals surface area contributed by atoms with E-state index >= 15 is 0 Å². The van der Waals surface area contributed by atoms with Crippen LogP contribution in [0, 0.1) is 5.92 Å². The van der Waals surface area contributed by atoms with Crippen LogP contribution in [-0.4, -0.2) is 62.6 Å². The predicted molar refractivity (Wildman–Crippen MR) is 149 cm³/mol. The fraction of sp³-hybridized carbons (Fsp3) is 0.964. The molecule has 0 aliphatic rings. The van der Waals surface area contributed by atoms with Gasteiger partial charge in [-0.1, -0.05) is 90.4 Å². The van der Waals surface area contributed by atoms with Crippen LogP contribution in [0.2, 0.25) is 0 Å². The van der Waals surface area contributed by atoms with Crippen LogP contribution in [0.15, 0.2) is 0 Å². The molecule has 2 unspecified atom stereocenters. The average molecular weight is 520 g/mol. The highest BCUT2D eigenvalue weighted by Crippen LogP contribution is 2.34. The Bertz CT molecular complexity index is 453. The van der Waals surface area contributed by atoms with Gasteiger partial charge < -0.3 is 28.4 Å². The van der Waals surface area contributed by atoms with Crippen molar-refractivity contribution in [3.8, 4) is 0 Å². The van der Waals surface area contributed by atoms with E-state index in [1.807, 2.05) is 14.1 Å². The molecule has 0 aromatic carbocycles. The Kier molecular flexibility index (Phi) is 26.9. The van der Waals surface area contributed by atoms with Gasteiger partial charge in [-0.25, -0.2) is 0 Å². The lowest BCUT2D eigenvalue weighted by Crippen LogP contribution is -2.19. The summed E-state index contributed by atoms with van der Waals surface area (Å²) in [6, 6.07) is 0. The first-order valence-electron chi connectivity index (χ1n) is 14.4. The summed E-state index contributed by atoms with van der Waals surface area (Å²) in [4.78, 5) is 23.6. The van der Waals surface area contributed by atoms with E-state index in [1.165, 1.54) is 83.5 Å². The largest absolute Gasteiger partial charge is 0.381 e. The van der Waals surface area contributed by atoms with Gasteiger partial charge in [0.1, 0.15) is 5.78 Å². The molecule has 0 fully saturated rings. The van der Waals surface area contributed by atoms with E-state index < -0.39 is 8.60 Å².